The number of hydrogen-bond donors (Lipinski definition) is 9. The number of methoxy groups -OCH3 is 2. The van der Waals surface area contributed by atoms with Crippen LogP contribution in [0.3, 0.4) is 0 Å². The average molecular weight is 1240 g/mol. The van der Waals surface area contributed by atoms with Gasteiger partial charge in [0.25, 0.3) is 0 Å². The van der Waals surface area contributed by atoms with E-state index in [9.17, 15) is 38.4 Å². The number of rotatable bonds is 36. The maximum atomic E-state index is 14.5. The normalized spacial score (nSPS) is 15.6. The Kier molecular flexibility index (Phi) is 31.3. The topological polar surface area (TPSA) is 304 Å². The van der Waals surface area contributed by atoms with Crippen molar-refractivity contribution in [1.82, 2.24) is 56.6 Å². The summed E-state index contributed by atoms with van der Waals surface area (Å²) in [5.74, 6) is 2.66. The lowest BCUT2D eigenvalue weighted by Gasteiger charge is -2.40. The molecule has 2 aromatic carbocycles. The van der Waals surface area contributed by atoms with Gasteiger partial charge >= 0.3 is 6.03 Å². The molecule has 0 radical (unpaired) electrons. The van der Waals surface area contributed by atoms with Crippen molar-refractivity contribution in [3.63, 3.8) is 0 Å². The van der Waals surface area contributed by atoms with Crippen molar-refractivity contribution >= 4 is 65.3 Å². The molecule has 1 fully saturated rings. The minimum atomic E-state index is -1.04. The number of benzene rings is 2. The predicted octanol–water partition coefficient (Wildman–Crippen LogP) is 4.69. The number of amides is 9. The van der Waals surface area contributed by atoms with Gasteiger partial charge in [0.05, 0.1) is 61.3 Å². The van der Waals surface area contributed by atoms with Gasteiger partial charge in [0.1, 0.15) is 12.1 Å². The number of nitrogens with zero attached hydrogens (tertiary/aromatic N) is 4. The fourth-order valence-corrected chi connectivity index (χ4v) is 11.4. The van der Waals surface area contributed by atoms with E-state index in [0.29, 0.717) is 60.2 Å². The third kappa shape index (κ3) is 24.1. The highest BCUT2D eigenvalue weighted by Gasteiger charge is 2.43. The fourth-order valence-electron chi connectivity index (χ4n) is 11.3. The van der Waals surface area contributed by atoms with Crippen molar-refractivity contribution < 1.29 is 47.8 Å². The van der Waals surface area contributed by atoms with Gasteiger partial charge < -0.3 is 72.1 Å². The number of ether oxygens (including phenoxy) is 2. The number of nitrogens with one attached hydrogen (secondary N) is 8. The molecule has 1 aliphatic rings. The van der Waals surface area contributed by atoms with Crippen molar-refractivity contribution in [2.24, 2.45) is 23.5 Å². The SMILES string of the molecule is C=C(NCC(=O)N(C)C([C@@H](C)CCC)[C@@H](CC(=O)N1CCC[C@H]1[C@H](OC)[C@@H](C)C(=O)N[C@@H](Cc1ccccc1)C(=O)NCc1ccc(NC(=O)[C@H](CCCNC(N)=O)NC(=O)CNC(=O)CCCC#Cc2cnc(=S)[nH]c2)cc1)OC)C(C(C)C)N(C)C. The molecule has 88 heavy (non-hydrogen) atoms. The van der Waals surface area contributed by atoms with E-state index < -0.39 is 72.0 Å². The van der Waals surface area contributed by atoms with E-state index in [1.54, 1.807) is 67.5 Å². The molecule has 1 aliphatic heterocycles. The zero-order valence-electron chi connectivity index (χ0n) is 53.0. The molecule has 2 heterocycles. The zero-order valence-corrected chi connectivity index (χ0v) is 53.8. The summed E-state index contributed by atoms with van der Waals surface area (Å²) in [6.45, 7) is 14.7. The van der Waals surface area contributed by atoms with Crippen molar-refractivity contribution in [3.8, 4) is 11.8 Å². The second kappa shape index (κ2) is 37.9. The monoisotopic (exact) mass is 1240 g/mol. The van der Waals surface area contributed by atoms with Gasteiger partial charge in [0, 0.05) is 83.9 Å². The van der Waals surface area contributed by atoms with Crippen LogP contribution in [0.5, 0.6) is 0 Å². The molecule has 0 spiro atoms. The van der Waals surface area contributed by atoms with Gasteiger partial charge in [-0.3, -0.25) is 33.6 Å². The van der Waals surface area contributed by atoms with E-state index in [0.717, 1.165) is 24.1 Å². The van der Waals surface area contributed by atoms with Crippen molar-refractivity contribution in [1.29, 1.82) is 0 Å². The van der Waals surface area contributed by atoms with E-state index in [4.69, 9.17) is 27.4 Å². The number of carbonyl (C=O) groups is 8. The van der Waals surface area contributed by atoms with Gasteiger partial charge in [-0.25, -0.2) is 9.78 Å². The van der Waals surface area contributed by atoms with Crippen LogP contribution < -0.4 is 43.0 Å². The maximum absolute atomic E-state index is 14.5. The van der Waals surface area contributed by atoms with Crippen LogP contribution in [0, 0.1) is 34.4 Å². The molecule has 4 rings (SSSR count). The molecule has 1 saturated heterocycles. The first kappa shape index (κ1) is 72.8. The van der Waals surface area contributed by atoms with Gasteiger partial charge in [-0.2, -0.15) is 0 Å². The third-order valence-electron chi connectivity index (χ3n) is 15.7. The standard InChI is InChI=1S/C64H95N13O10S/c1-12-21-42(4)58(76(9)56(81)40-67-44(6)57(41(2)3)75(7)8)52(86-10)35-55(80)77-33-20-26-51(77)59(87-11)43(5)60(82)74-50(34-45-22-15-13-16-23-45)61(83)69-36-46-28-30-48(31-29-46)72-62(84)49(25-19-32-66-63(65)85)73-54(79)39-68-53(78)27-18-14-17-24-47-37-70-64(88)71-38-47/h13,15-16,22-23,28-31,37-38,41-43,49-52,57-59,67H,6,12,14,18-21,25-27,32-36,39-40H2,1-5,7-11H3,(H,68,78)(H,69,83)(H,72,84)(H,73,79)(H,74,82)(H3,65,66,85)(H,70,71,88)/t42-,43+,49-,50-,51-,52+,57?,58?,59+/m0/s1. The first-order valence-electron chi connectivity index (χ1n) is 30.3. The summed E-state index contributed by atoms with van der Waals surface area (Å²) in [4.78, 5) is 120. The molecule has 10 N–H and O–H groups in total. The first-order chi connectivity index (χ1) is 42.0. The quantitative estimate of drug-likeness (QED) is 0.0217. The van der Waals surface area contributed by atoms with E-state index in [1.165, 1.54) is 7.11 Å². The molecule has 0 saturated carbocycles. The smallest absolute Gasteiger partial charge is 0.312 e. The number of hydrogen-bond acceptors (Lipinski definition) is 14. The van der Waals surface area contributed by atoms with Crippen LogP contribution in [0.4, 0.5) is 10.5 Å². The number of carbonyl (C=O) groups excluding carboxylic acids is 8. The van der Waals surface area contributed by atoms with Crippen LogP contribution in [-0.4, -0.2) is 176 Å². The van der Waals surface area contributed by atoms with E-state index in [-0.39, 0.29) is 87.5 Å². The highest BCUT2D eigenvalue weighted by molar-refractivity contribution is 7.71. The molecule has 0 aliphatic carbocycles. The number of aromatic amines is 1. The minimum absolute atomic E-state index is 0.000565. The van der Waals surface area contributed by atoms with Crippen molar-refractivity contribution in [2.45, 2.75) is 154 Å². The van der Waals surface area contributed by atoms with Crippen LogP contribution in [0.1, 0.15) is 116 Å². The zero-order chi connectivity index (χ0) is 64.9. The number of likely N-dealkylation sites (N-methyl/N-ethyl adjacent to an activating group) is 2. The van der Waals surface area contributed by atoms with Gasteiger partial charge in [0.15, 0.2) is 4.77 Å². The summed E-state index contributed by atoms with van der Waals surface area (Å²) in [6, 6.07) is 12.4. The number of likely N-dealkylation sites (tertiary alicyclic amines) is 1. The predicted molar refractivity (Wildman–Crippen MR) is 341 cm³/mol. The van der Waals surface area contributed by atoms with Gasteiger partial charge in [-0.05, 0) is 99.9 Å². The van der Waals surface area contributed by atoms with Crippen LogP contribution in [-0.2, 0) is 56.0 Å². The first-order valence-corrected chi connectivity index (χ1v) is 30.7. The Hall–Kier alpha value is -7.72. The number of unbranched alkanes of at least 4 members (excludes halogenated alkanes) is 1. The summed E-state index contributed by atoms with van der Waals surface area (Å²) in [7, 11) is 8.81. The van der Waals surface area contributed by atoms with Crippen LogP contribution >= 0.6 is 12.2 Å². The van der Waals surface area contributed by atoms with Crippen LogP contribution in [0.2, 0.25) is 0 Å². The lowest BCUT2D eigenvalue weighted by molar-refractivity contribution is -0.145. The molecular weight excluding hydrogens is 1140 g/mol. The van der Waals surface area contributed by atoms with Gasteiger partial charge in [-0.1, -0.05) is 102 Å². The largest absolute Gasteiger partial charge is 0.379 e. The summed E-state index contributed by atoms with van der Waals surface area (Å²) in [5.41, 5.74) is 8.51. The van der Waals surface area contributed by atoms with Crippen molar-refractivity contribution in [2.75, 3.05) is 66.9 Å². The van der Waals surface area contributed by atoms with Crippen LogP contribution in [0.25, 0.3) is 0 Å². The Morgan fingerprint density at radius 2 is 1.56 bits per heavy atom. The number of primary amides is 1. The number of aromatic nitrogens is 2. The maximum Gasteiger partial charge on any atom is 0.312 e. The second-order valence-electron chi connectivity index (χ2n) is 23.0. The van der Waals surface area contributed by atoms with Crippen molar-refractivity contribution in [3.05, 3.63) is 101 Å². The fraction of sp³-hybridized carbons (Fsp3) is 0.562. The molecule has 482 valence electrons. The Balaban J connectivity index is 1.38. The molecule has 0 bridgehead atoms. The van der Waals surface area contributed by atoms with E-state index in [1.807, 2.05) is 44.4 Å². The van der Waals surface area contributed by atoms with E-state index >= 15 is 0 Å². The minimum Gasteiger partial charge on any atom is -0.379 e. The Morgan fingerprint density at radius 1 is 0.841 bits per heavy atom. The Morgan fingerprint density at radius 3 is 2.18 bits per heavy atom. The number of urea groups is 1. The van der Waals surface area contributed by atoms with Gasteiger partial charge in [0.2, 0.25) is 41.4 Å². The van der Waals surface area contributed by atoms with Gasteiger partial charge in [-0.15, -0.1) is 0 Å². The Bertz CT molecular complexity index is 2870. The molecule has 2 unspecified atom stereocenters. The molecular formula is C64H95N13O10S. The summed E-state index contributed by atoms with van der Waals surface area (Å²) in [6.07, 6.45) is 6.41. The third-order valence-corrected chi connectivity index (χ3v) is 15.9. The lowest BCUT2D eigenvalue weighted by Crippen LogP contribution is -2.55. The summed E-state index contributed by atoms with van der Waals surface area (Å²) >= 11 is 4.93. The molecule has 1 aromatic heterocycles. The molecule has 24 heteroatoms. The number of H-pyrrole nitrogens is 1. The average Bonchev–Trinajstić information content (AvgIpc) is 2.86. The molecule has 23 nitrogen and oxygen atoms in total. The number of nitrogens with two attached hydrogens (primary N) is 1. The highest BCUT2D eigenvalue weighted by Crippen LogP contribution is 2.30. The molecule has 9 amide bonds. The van der Waals surface area contributed by atoms with E-state index in [2.05, 4.69) is 98.2 Å². The number of anilines is 1. The molecule has 9 atom stereocenters. The van der Waals surface area contributed by atoms with Crippen LogP contribution in [0.15, 0.2) is 79.3 Å². The second-order valence-corrected chi connectivity index (χ2v) is 23.4. The summed E-state index contributed by atoms with van der Waals surface area (Å²) < 4.78 is 12.5. The highest BCUT2D eigenvalue weighted by atomic mass is 32.1. The lowest BCUT2D eigenvalue weighted by atomic mass is 9.89. The molecule has 3 aromatic rings. The summed E-state index contributed by atoms with van der Waals surface area (Å²) in [5, 5.41) is 19.7. The Labute approximate surface area is 524 Å².